The van der Waals surface area contributed by atoms with Crippen LogP contribution in [0.3, 0.4) is 0 Å². The minimum absolute atomic E-state index is 0.0327. The summed E-state index contributed by atoms with van der Waals surface area (Å²) in [7, 11) is 4.00. The SMILES string of the molecule is CC.CC(C)CC(C)(C)CC(C)(C)C.CN1CCN(C(=O)C(C)(C)C[N+](C)=CNC(C)(N)CCO)CC1. The van der Waals surface area contributed by atoms with Crippen molar-refractivity contribution in [2.45, 2.75) is 108 Å². The third-order valence-corrected chi connectivity index (χ3v) is 6.23. The molecular weight excluding hydrogens is 462 g/mol. The van der Waals surface area contributed by atoms with Crippen LogP contribution in [0.5, 0.6) is 0 Å². The summed E-state index contributed by atoms with van der Waals surface area (Å²) >= 11 is 0. The smallest absolute Gasteiger partial charge is 0.233 e. The lowest BCUT2D eigenvalue weighted by atomic mass is 9.72. The molecule has 0 aromatic rings. The van der Waals surface area contributed by atoms with E-state index in [1.807, 2.05) is 51.1 Å². The Labute approximate surface area is 231 Å². The third-order valence-electron chi connectivity index (χ3n) is 6.23. The molecule has 0 aromatic heterocycles. The molecule has 1 amide bonds. The number of nitrogens with zero attached hydrogens (tertiary/aromatic N) is 3. The molecule has 0 aromatic carbocycles. The molecule has 0 saturated carbocycles. The molecule has 7 nitrogen and oxygen atoms in total. The van der Waals surface area contributed by atoms with Gasteiger partial charge in [-0.3, -0.25) is 20.4 Å². The van der Waals surface area contributed by atoms with Crippen LogP contribution in [0, 0.1) is 22.2 Å². The Morgan fingerprint density at radius 1 is 1.03 bits per heavy atom. The van der Waals surface area contributed by atoms with Crippen molar-refractivity contribution in [1.82, 2.24) is 15.1 Å². The molecule has 222 valence electrons. The van der Waals surface area contributed by atoms with Crippen LogP contribution in [0.4, 0.5) is 0 Å². The molecule has 1 unspecified atom stereocenters. The standard InChI is InChI=1S/C16H33N5O2.C12H26.C2H6/c1-15(2,14(23)21-9-7-19(4)8-10-21)12-20(5)13-18-16(3,17)6-11-22;1-10(2)8-12(6,7)9-11(3,4)5;1-2/h13,22H,6-12,17H2,1-5H3;10H,8-9H2,1-7H3;1-2H3/p+1. The number of carbonyl (C=O) groups is 1. The largest absolute Gasteiger partial charge is 0.396 e. The molecule has 1 aliphatic heterocycles. The fraction of sp³-hybridized carbons (Fsp3) is 0.933. The first kappa shape index (κ1) is 38.0. The summed E-state index contributed by atoms with van der Waals surface area (Å²) in [6.07, 6.45) is 4.90. The number of nitrogens with one attached hydrogen (secondary N) is 1. The minimum atomic E-state index is -0.658. The number of aliphatic hydroxyl groups excluding tert-OH is 1. The Morgan fingerprint density at radius 2 is 1.51 bits per heavy atom. The number of amides is 1. The van der Waals surface area contributed by atoms with Gasteiger partial charge in [0.15, 0.2) is 5.66 Å². The first-order valence-electron chi connectivity index (χ1n) is 14.4. The number of likely N-dealkylation sites (N-methyl/N-ethyl adjacent to an activating group) is 1. The molecule has 1 fully saturated rings. The highest BCUT2D eigenvalue weighted by Crippen LogP contribution is 2.37. The molecule has 0 radical (unpaired) electrons. The van der Waals surface area contributed by atoms with Gasteiger partial charge >= 0.3 is 0 Å². The number of piperazine rings is 1. The van der Waals surface area contributed by atoms with Crippen LogP contribution in [0.15, 0.2) is 0 Å². The van der Waals surface area contributed by atoms with Crippen LogP contribution in [0.2, 0.25) is 0 Å². The van der Waals surface area contributed by atoms with E-state index in [1.54, 1.807) is 6.34 Å². The maximum absolute atomic E-state index is 12.8. The van der Waals surface area contributed by atoms with Crippen LogP contribution in [-0.4, -0.2) is 90.8 Å². The Kier molecular flexibility index (Phi) is 17.1. The van der Waals surface area contributed by atoms with E-state index in [0.29, 0.717) is 23.8 Å². The van der Waals surface area contributed by atoms with Crippen LogP contribution in [0.25, 0.3) is 0 Å². The summed E-state index contributed by atoms with van der Waals surface area (Å²) in [6, 6.07) is 0. The number of aliphatic hydroxyl groups is 1. The van der Waals surface area contributed by atoms with E-state index >= 15 is 0 Å². The van der Waals surface area contributed by atoms with Gasteiger partial charge in [0.05, 0.1) is 19.0 Å². The normalized spacial score (nSPS) is 17.3. The Morgan fingerprint density at radius 3 is 1.92 bits per heavy atom. The van der Waals surface area contributed by atoms with E-state index in [9.17, 15) is 4.79 Å². The monoisotopic (exact) mass is 529 g/mol. The van der Waals surface area contributed by atoms with Gasteiger partial charge in [0, 0.05) is 39.2 Å². The summed E-state index contributed by atoms with van der Waals surface area (Å²) in [5.41, 5.74) is 5.87. The van der Waals surface area contributed by atoms with Crippen LogP contribution < -0.4 is 11.1 Å². The zero-order valence-electron chi connectivity index (χ0n) is 27.3. The number of hydrogen-bond acceptors (Lipinski definition) is 4. The van der Waals surface area contributed by atoms with Gasteiger partial charge in [-0.05, 0) is 57.4 Å². The Balaban J connectivity index is 0. The molecule has 0 bridgehead atoms. The van der Waals surface area contributed by atoms with Gasteiger partial charge in [-0.15, -0.1) is 0 Å². The summed E-state index contributed by atoms with van der Waals surface area (Å²) in [5, 5.41) is 12.1. The summed E-state index contributed by atoms with van der Waals surface area (Å²) in [6.45, 7) is 30.2. The Hall–Kier alpha value is -1.18. The molecule has 7 heteroatoms. The Bertz CT molecular complexity index is 655. The van der Waals surface area contributed by atoms with Gasteiger partial charge in [0.2, 0.25) is 12.2 Å². The number of hydrogen-bond donors (Lipinski definition) is 3. The van der Waals surface area contributed by atoms with E-state index in [0.717, 1.165) is 32.1 Å². The highest BCUT2D eigenvalue weighted by atomic mass is 16.3. The zero-order valence-corrected chi connectivity index (χ0v) is 27.3. The van der Waals surface area contributed by atoms with Crippen molar-refractivity contribution >= 4 is 12.2 Å². The number of nitrogens with two attached hydrogens (primary N) is 1. The minimum Gasteiger partial charge on any atom is -0.396 e. The van der Waals surface area contributed by atoms with Gasteiger partial charge in [-0.1, -0.05) is 62.3 Å². The second-order valence-corrected chi connectivity index (χ2v) is 14.1. The zero-order chi connectivity index (χ0) is 29.7. The average molecular weight is 529 g/mol. The van der Waals surface area contributed by atoms with Crippen molar-refractivity contribution in [1.29, 1.82) is 0 Å². The van der Waals surface area contributed by atoms with Crippen LogP contribution in [-0.2, 0) is 4.79 Å². The third kappa shape index (κ3) is 18.7. The van der Waals surface area contributed by atoms with Crippen LogP contribution >= 0.6 is 0 Å². The molecule has 0 aliphatic carbocycles. The molecule has 1 heterocycles. The molecule has 1 atom stereocenters. The summed E-state index contributed by atoms with van der Waals surface area (Å²) in [4.78, 5) is 17.0. The predicted octanol–water partition coefficient (Wildman–Crippen LogP) is 4.63. The van der Waals surface area contributed by atoms with E-state index in [-0.39, 0.29) is 12.5 Å². The van der Waals surface area contributed by atoms with Crippen LogP contribution in [0.1, 0.15) is 102 Å². The molecule has 37 heavy (non-hydrogen) atoms. The highest BCUT2D eigenvalue weighted by molar-refractivity contribution is 5.82. The maximum atomic E-state index is 12.8. The van der Waals surface area contributed by atoms with Crippen molar-refractivity contribution in [2.24, 2.45) is 27.9 Å². The van der Waals surface area contributed by atoms with Crippen molar-refractivity contribution in [3.63, 3.8) is 0 Å². The molecule has 1 saturated heterocycles. The average Bonchev–Trinajstić information content (AvgIpc) is 2.71. The second kappa shape index (κ2) is 16.7. The second-order valence-electron chi connectivity index (χ2n) is 14.1. The first-order chi connectivity index (χ1) is 16.7. The topological polar surface area (TPSA) is 84.8 Å². The van der Waals surface area contributed by atoms with Crippen molar-refractivity contribution in [3.05, 3.63) is 0 Å². The lowest BCUT2D eigenvalue weighted by Gasteiger charge is -2.37. The van der Waals surface area contributed by atoms with Crippen molar-refractivity contribution in [3.8, 4) is 0 Å². The molecule has 1 rings (SSSR count). The van der Waals surface area contributed by atoms with E-state index < -0.39 is 11.1 Å². The van der Waals surface area contributed by atoms with Gasteiger partial charge in [0.25, 0.3) is 0 Å². The fourth-order valence-electron chi connectivity index (χ4n) is 5.35. The van der Waals surface area contributed by atoms with Gasteiger partial charge in [-0.2, -0.15) is 0 Å². The highest BCUT2D eigenvalue weighted by Gasteiger charge is 2.35. The molecule has 1 aliphatic rings. The van der Waals surface area contributed by atoms with Gasteiger partial charge in [0.1, 0.15) is 0 Å². The lowest BCUT2D eigenvalue weighted by Crippen LogP contribution is -2.54. The molecule has 4 N–H and O–H groups in total. The quantitative estimate of drug-likeness (QED) is 0.167. The fourth-order valence-corrected chi connectivity index (χ4v) is 5.35. The van der Waals surface area contributed by atoms with Gasteiger partial charge < -0.3 is 14.9 Å². The number of carbonyl (C=O) groups excluding carboxylic acids is 1. The predicted molar refractivity (Wildman–Crippen MR) is 161 cm³/mol. The van der Waals surface area contributed by atoms with Gasteiger partial charge in [-0.25, -0.2) is 0 Å². The van der Waals surface area contributed by atoms with E-state index in [2.05, 4.69) is 65.7 Å². The maximum Gasteiger partial charge on any atom is 0.233 e. The van der Waals surface area contributed by atoms with Crippen molar-refractivity contribution < 1.29 is 14.5 Å². The molecular formula is C30H66N5O2+. The summed E-state index contributed by atoms with van der Waals surface area (Å²) < 4.78 is 1.94. The van der Waals surface area contributed by atoms with Crippen molar-refractivity contribution in [2.75, 3.05) is 53.4 Å². The first-order valence-corrected chi connectivity index (χ1v) is 14.4. The number of rotatable bonds is 10. The summed E-state index contributed by atoms with van der Waals surface area (Å²) in [5.74, 6) is 1.01. The van der Waals surface area contributed by atoms with E-state index in [4.69, 9.17) is 10.8 Å². The molecule has 0 spiro atoms. The lowest BCUT2D eigenvalue weighted by molar-refractivity contribution is -0.506. The van der Waals surface area contributed by atoms with E-state index in [1.165, 1.54) is 12.8 Å².